The summed E-state index contributed by atoms with van der Waals surface area (Å²) in [6.07, 6.45) is -1.05. The predicted octanol–water partition coefficient (Wildman–Crippen LogP) is 3.30. The van der Waals surface area contributed by atoms with Gasteiger partial charge in [0.05, 0.1) is 18.4 Å². The van der Waals surface area contributed by atoms with Crippen LogP contribution >= 0.6 is 0 Å². The van der Waals surface area contributed by atoms with Crippen LogP contribution in [0.25, 0.3) is 5.57 Å². The number of carbonyl (C=O) groups is 3. The smallest absolute Gasteiger partial charge is 0.332 e. The van der Waals surface area contributed by atoms with E-state index in [2.05, 4.69) is 0 Å². The van der Waals surface area contributed by atoms with Crippen molar-refractivity contribution in [1.82, 2.24) is 0 Å². The summed E-state index contributed by atoms with van der Waals surface area (Å²) in [5.41, 5.74) is 1.25. The molecule has 0 radical (unpaired) electrons. The molecule has 0 amide bonds. The minimum Gasteiger partial charge on any atom is -0.481 e. The lowest BCUT2D eigenvalue weighted by atomic mass is 9.95. The molecule has 0 aromatic heterocycles. The quantitative estimate of drug-likeness (QED) is 0.449. The molecule has 0 fully saturated rings. The van der Waals surface area contributed by atoms with E-state index in [1.807, 2.05) is 6.92 Å². The van der Waals surface area contributed by atoms with Gasteiger partial charge in [0.2, 0.25) is 0 Å². The third kappa shape index (κ3) is 5.31. The van der Waals surface area contributed by atoms with Gasteiger partial charge in [-0.15, -0.1) is 0 Å². The van der Waals surface area contributed by atoms with Gasteiger partial charge in [0.15, 0.2) is 0 Å². The van der Waals surface area contributed by atoms with Crippen LogP contribution in [0.3, 0.4) is 0 Å². The van der Waals surface area contributed by atoms with Gasteiger partial charge < -0.3 is 14.9 Å². The predicted molar refractivity (Wildman–Crippen MR) is 94.7 cm³/mol. The average Bonchev–Trinajstić information content (AvgIpc) is 2.60. The number of rotatable bonds is 7. The molecule has 0 aliphatic heterocycles. The number of esters is 1. The first kappa shape index (κ1) is 18.9. The van der Waals surface area contributed by atoms with Crippen molar-refractivity contribution in [2.75, 3.05) is 0 Å². The number of carboxylic acids is 2. The summed E-state index contributed by atoms with van der Waals surface area (Å²) in [5, 5.41) is 18.4. The molecule has 6 heteroatoms. The summed E-state index contributed by atoms with van der Waals surface area (Å²) in [6, 6.07) is 15.2. The Morgan fingerprint density at radius 1 is 0.885 bits per heavy atom. The van der Waals surface area contributed by atoms with Crippen molar-refractivity contribution >= 4 is 23.5 Å². The third-order valence-corrected chi connectivity index (χ3v) is 3.65. The van der Waals surface area contributed by atoms with E-state index in [1.165, 1.54) is 0 Å². The number of hydrogen-bond donors (Lipinski definition) is 2. The summed E-state index contributed by atoms with van der Waals surface area (Å²) in [5.74, 6) is -3.00. The Balaban J connectivity index is 2.34. The fourth-order valence-electron chi connectivity index (χ4n) is 2.40. The lowest BCUT2D eigenvalue weighted by Crippen LogP contribution is -2.14. The Morgan fingerprint density at radius 2 is 1.50 bits per heavy atom. The van der Waals surface area contributed by atoms with E-state index in [4.69, 9.17) is 9.84 Å². The molecule has 0 spiro atoms. The van der Waals surface area contributed by atoms with Gasteiger partial charge in [0, 0.05) is 0 Å². The molecular formula is C20H18O6. The molecule has 6 nitrogen and oxygen atoms in total. The highest BCUT2D eigenvalue weighted by Gasteiger charge is 2.22. The van der Waals surface area contributed by atoms with Crippen LogP contribution in [0.4, 0.5) is 0 Å². The second kappa shape index (κ2) is 8.62. The second-order valence-electron chi connectivity index (χ2n) is 5.66. The second-order valence-corrected chi connectivity index (χ2v) is 5.66. The van der Waals surface area contributed by atoms with Gasteiger partial charge in [-0.3, -0.25) is 9.59 Å². The molecule has 0 unspecified atom stereocenters. The molecule has 2 aromatic carbocycles. The minimum absolute atomic E-state index is 0.123. The Hall–Kier alpha value is -3.41. The Labute approximate surface area is 150 Å². The first-order valence-electron chi connectivity index (χ1n) is 7.86. The molecule has 0 aliphatic rings. The Morgan fingerprint density at radius 3 is 2.04 bits per heavy atom. The van der Waals surface area contributed by atoms with E-state index in [-0.39, 0.29) is 17.6 Å². The van der Waals surface area contributed by atoms with Gasteiger partial charge in [-0.2, -0.15) is 0 Å². The number of ether oxygens (including phenoxy) is 1. The zero-order chi connectivity index (χ0) is 19.1. The maximum atomic E-state index is 12.3. The summed E-state index contributed by atoms with van der Waals surface area (Å²) in [6.45, 7) is 1.90. The highest BCUT2D eigenvalue weighted by Crippen LogP contribution is 2.26. The van der Waals surface area contributed by atoms with Gasteiger partial charge >= 0.3 is 17.9 Å². The van der Waals surface area contributed by atoms with Gasteiger partial charge in [0.25, 0.3) is 0 Å². The zero-order valence-corrected chi connectivity index (χ0v) is 14.1. The van der Waals surface area contributed by atoms with Gasteiger partial charge in [-0.1, -0.05) is 48.0 Å². The zero-order valence-electron chi connectivity index (χ0n) is 14.1. The monoisotopic (exact) mass is 354 g/mol. The van der Waals surface area contributed by atoms with E-state index < -0.39 is 24.3 Å². The summed E-state index contributed by atoms with van der Waals surface area (Å²) in [7, 11) is 0. The Kier molecular flexibility index (Phi) is 6.27. The molecule has 2 rings (SSSR count). The van der Waals surface area contributed by atoms with Crippen LogP contribution in [-0.2, 0) is 14.4 Å². The number of carbonyl (C=O) groups excluding carboxylic acids is 1. The molecule has 2 aromatic rings. The van der Waals surface area contributed by atoms with Crippen LogP contribution in [0.2, 0.25) is 0 Å². The lowest BCUT2D eigenvalue weighted by molar-refractivity contribution is -0.139. The van der Waals surface area contributed by atoms with Gasteiger partial charge in [-0.05, 0) is 30.2 Å². The lowest BCUT2D eigenvalue weighted by Gasteiger charge is -2.12. The molecular weight excluding hydrogens is 336 g/mol. The molecule has 0 atom stereocenters. The van der Waals surface area contributed by atoms with Crippen LogP contribution in [0.15, 0.2) is 60.2 Å². The van der Waals surface area contributed by atoms with E-state index in [0.29, 0.717) is 11.3 Å². The Bertz CT molecular complexity index is 834. The maximum Gasteiger partial charge on any atom is 0.332 e. The fraction of sp³-hybridized carbons (Fsp3) is 0.150. The number of carboxylic acid groups (broad SMARTS) is 2. The largest absolute Gasteiger partial charge is 0.481 e. The maximum absolute atomic E-state index is 12.3. The SMILES string of the molecule is Cc1ccc(OC(=O)CC(=C(CC(=O)O)C(=O)O)c2ccccc2)cc1. The molecule has 0 bridgehead atoms. The number of benzene rings is 2. The van der Waals surface area contributed by atoms with Crippen molar-refractivity contribution in [3.05, 3.63) is 71.3 Å². The van der Waals surface area contributed by atoms with Crippen LogP contribution in [0.5, 0.6) is 5.75 Å². The molecule has 0 heterocycles. The standard InChI is InChI=1S/C20H18O6/c1-13-7-9-15(10-8-13)26-19(23)12-16(14-5-3-2-4-6-14)17(20(24)25)11-18(21)22/h2-10H,11-12H2,1H3,(H,21,22)(H,24,25). The van der Waals surface area contributed by atoms with Crippen LogP contribution in [-0.4, -0.2) is 28.1 Å². The summed E-state index contributed by atoms with van der Waals surface area (Å²) >= 11 is 0. The third-order valence-electron chi connectivity index (χ3n) is 3.65. The fourth-order valence-corrected chi connectivity index (χ4v) is 2.40. The van der Waals surface area contributed by atoms with Crippen molar-refractivity contribution < 1.29 is 29.3 Å². The molecule has 134 valence electrons. The van der Waals surface area contributed by atoms with Gasteiger partial charge in [-0.25, -0.2) is 4.79 Å². The molecule has 0 saturated heterocycles. The number of aliphatic carboxylic acids is 2. The molecule has 2 N–H and O–H groups in total. The van der Waals surface area contributed by atoms with E-state index in [9.17, 15) is 19.5 Å². The minimum atomic E-state index is -1.38. The average molecular weight is 354 g/mol. The topological polar surface area (TPSA) is 101 Å². The normalized spacial score (nSPS) is 11.4. The molecule has 26 heavy (non-hydrogen) atoms. The van der Waals surface area contributed by atoms with Crippen LogP contribution in [0.1, 0.15) is 24.0 Å². The van der Waals surface area contributed by atoms with E-state index >= 15 is 0 Å². The van der Waals surface area contributed by atoms with E-state index in [0.717, 1.165) is 5.56 Å². The van der Waals surface area contributed by atoms with Gasteiger partial charge in [0.1, 0.15) is 5.75 Å². The highest BCUT2D eigenvalue weighted by molar-refractivity contribution is 6.03. The number of aryl methyl sites for hydroxylation is 1. The van der Waals surface area contributed by atoms with Crippen molar-refractivity contribution in [2.24, 2.45) is 0 Å². The molecule has 0 aliphatic carbocycles. The van der Waals surface area contributed by atoms with E-state index in [1.54, 1.807) is 54.6 Å². The highest BCUT2D eigenvalue weighted by atomic mass is 16.5. The van der Waals surface area contributed by atoms with Crippen molar-refractivity contribution in [2.45, 2.75) is 19.8 Å². The summed E-state index contributed by atoms with van der Waals surface area (Å²) in [4.78, 5) is 34.9. The van der Waals surface area contributed by atoms with Crippen LogP contribution < -0.4 is 4.74 Å². The van der Waals surface area contributed by atoms with Crippen molar-refractivity contribution in [1.29, 1.82) is 0 Å². The molecule has 0 saturated carbocycles. The van der Waals surface area contributed by atoms with Crippen LogP contribution in [0, 0.1) is 6.92 Å². The first-order chi connectivity index (χ1) is 12.4. The van der Waals surface area contributed by atoms with Crippen molar-refractivity contribution in [3.63, 3.8) is 0 Å². The number of hydrogen-bond acceptors (Lipinski definition) is 4. The first-order valence-corrected chi connectivity index (χ1v) is 7.86. The van der Waals surface area contributed by atoms with Crippen molar-refractivity contribution in [3.8, 4) is 5.75 Å². The summed E-state index contributed by atoms with van der Waals surface area (Å²) < 4.78 is 5.24.